The predicted molar refractivity (Wildman–Crippen MR) is 190 cm³/mol. The molecule has 4 heterocycles. The number of ketones is 1. The van der Waals surface area contributed by atoms with Gasteiger partial charge in [-0.25, -0.2) is 4.98 Å². The van der Waals surface area contributed by atoms with E-state index in [2.05, 4.69) is 40.6 Å². The highest BCUT2D eigenvalue weighted by Crippen LogP contribution is 2.12. The number of nitrogens with one attached hydrogen (secondary N) is 2. The first-order valence-corrected chi connectivity index (χ1v) is 15.5. The van der Waals surface area contributed by atoms with Crippen LogP contribution in [-0.2, 0) is 27.5 Å². The summed E-state index contributed by atoms with van der Waals surface area (Å²) < 4.78 is 4.83. The second kappa shape index (κ2) is 27.3. The van der Waals surface area contributed by atoms with Gasteiger partial charge in [-0.3, -0.25) is 24.7 Å². The number of hydroxylamine groups is 2. The number of aryl methyl sites for hydroxylation is 2. The monoisotopic (exact) mass is 690 g/mol. The van der Waals surface area contributed by atoms with E-state index in [4.69, 9.17) is 9.73 Å². The van der Waals surface area contributed by atoms with Crippen LogP contribution in [-0.4, -0.2) is 88.7 Å². The van der Waals surface area contributed by atoms with Crippen molar-refractivity contribution in [1.82, 2.24) is 50.6 Å². The van der Waals surface area contributed by atoms with Gasteiger partial charge in [0.2, 0.25) is 23.5 Å². The highest BCUT2D eigenvalue weighted by molar-refractivity contribution is 5.73. The first-order valence-electron chi connectivity index (χ1n) is 15.5. The molecule has 0 aliphatic heterocycles. The van der Waals surface area contributed by atoms with Gasteiger partial charge in [0, 0.05) is 84.9 Å². The number of rotatable bonds is 6. The molecule has 0 radical (unpaired) electrons. The van der Waals surface area contributed by atoms with Crippen molar-refractivity contribution in [1.29, 1.82) is 0 Å². The molecule has 15 heteroatoms. The topological polar surface area (TPSA) is 196 Å². The van der Waals surface area contributed by atoms with Crippen molar-refractivity contribution in [2.45, 2.75) is 61.6 Å². The Kier molecular flexibility index (Phi) is 24.2. The van der Waals surface area contributed by atoms with Crippen molar-refractivity contribution in [2.75, 3.05) is 20.6 Å². The molecule has 0 fully saturated rings. The van der Waals surface area contributed by atoms with Gasteiger partial charge in [0.25, 0.3) is 0 Å². The summed E-state index contributed by atoms with van der Waals surface area (Å²) in [6.45, 7) is 13.6. The summed E-state index contributed by atoms with van der Waals surface area (Å²) in [6, 6.07) is 17.4. The summed E-state index contributed by atoms with van der Waals surface area (Å²) in [5.74, 6) is 2.25. The van der Waals surface area contributed by atoms with Crippen LogP contribution in [0.2, 0.25) is 0 Å². The van der Waals surface area contributed by atoms with E-state index in [9.17, 15) is 14.4 Å². The molecule has 0 saturated carbocycles. The molecule has 5 aromatic rings. The molecular formula is C35H50N10O5. The number of benzene rings is 1. The van der Waals surface area contributed by atoms with E-state index < -0.39 is 0 Å². The first-order chi connectivity index (χ1) is 23.7. The Morgan fingerprint density at radius 1 is 0.880 bits per heavy atom. The van der Waals surface area contributed by atoms with E-state index in [0.29, 0.717) is 31.3 Å². The summed E-state index contributed by atoms with van der Waals surface area (Å²) in [5.41, 5.74) is 3.05. The van der Waals surface area contributed by atoms with Gasteiger partial charge in [-0.2, -0.15) is 15.1 Å². The van der Waals surface area contributed by atoms with Crippen LogP contribution in [0, 0.1) is 13.8 Å². The zero-order valence-electron chi connectivity index (χ0n) is 30.4. The van der Waals surface area contributed by atoms with E-state index in [1.807, 2.05) is 68.4 Å². The van der Waals surface area contributed by atoms with Gasteiger partial charge in [0.15, 0.2) is 0 Å². The van der Waals surface area contributed by atoms with Crippen molar-refractivity contribution >= 4 is 17.6 Å². The van der Waals surface area contributed by atoms with Crippen LogP contribution in [0.4, 0.5) is 0 Å². The average Bonchev–Trinajstić information content (AvgIpc) is 3.77. The Hall–Kier alpha value is -5.67. The molecule has 5 rings (SSSR count). The lowest BCUT2D eigenvalue weighted by Gasteiger charge is -2.14. The number of hydrogen-bond acceptors (Lipinski definition) is 12. The summed E-state index contributed by atoms with van der Waals surface area (Å²) in [5, 5.41) is 22.0. The Bertz CT molecular complexity index is 1560. The van der Waals surface area contributed by atoms with Crippen LogP contribution in [0.25, 0.3) is 11.4 Å². The van der Waals surface area contributed by atoms with Crippen molar-refractivity contribution in [2.24, 2.45) is 0 Å². The minimum atomic E-state index is -0.0196. The fraction of sp³-hybridized carbons (Fsp3) is 0.343. The summed E-state index contributed by atoms with van der Waals surface area (Å²) in [6.07, 6.45) is 8.32. The van der Waals surface area contributed by atoms with Gasteiger partial charge in [0.1, 0.15) is 17.9 Å². The van der Waals surface area contributed by atoms with Crippen molar-refractivity contribution in [3.63, 3.8) is 0 Å². The second-order valence-electron chi connectivity index (χ2n) is 10.5. The Balaban J connectivity index is 0.000000603. The third-order valence-electron chi connectivity index (χ3n) is 5.50. The van der Waals surface area contributed by atoms with Gasteiger partial charge in [-0.05, 0) is 50.1 Å². The molecule has 0 atom stereocenters. The molecule has 4 aromatic heterocycles. The smallest absolute Gasteiger partial charge is 0.223 e. The van der Waals surface area contributed by atoms with Crippen molar-refractivity contribution in [3.8, 4) is 11.4 Å². The molecular weight excluding hydrogens is 640 g/mol. The van der Waals surface area contributed by atoms with Crippen molar-refractivity contribution in [3.05, 3.63) is 109 Å². The van der Waals surface area contributed by atoms with Crippen molar-refractivity contribution < 1.29 is 24.1 Å². The fourth-order valence-electron chi connectivity index (χ4n) is 2.88. The van der Waals surface area contributed by atoms with Gasteiger partial charge in [-0.15, -0.1) is 0 Å². The van der Waals surface area contributed by atoms with Crippen LogP contribution in [0.15, 0.2) is 90.2 Å². The largest absolute Gasteiger partial charge is 0.352 e. The quantitative estimate of drug-likeness (QED) is 0.205. The molecule has 3 N–H and O–H groups in total. The molecule has 50 heavy (non-hydrogen) atoms. The number of carbonyl (C=O) groups excluding carboxylic acids is 3. The third kappa shape index (κ3) is 25.4. The Labute approximate surface area is 294 Å². The molecule has 2 amide bonds. The number of aromatic nitrogens is 7. The zero-order valence-corrected chi connectivity index (χ0v) is 30.4. The van der Waals surface area contributed by atoms with Gasteiger partial charge in [0.05, 0.1) is 0 Å². The number of amides is 2. The summed E-state index contributed by atoms with van der Waals surface area (Å²) >= 11 is 0. The molecule has 0 saturated heterocycles. The lowest BCUT2D eigenvalue weighted by Crippen LogP contribution is -2.22. The molecule has 15 nitrogen and oxygen atoms in total. The molecule has 0 aliphatic carbocycles. The van der Waals surface area contributed by atoms with E-state index in [-0.39, 0.29) is 17.6 Å². The van der Waals surface area contributed by atoms with Crippen LogP contribution < -0.4 is 5.32 Å². The Morgan fingerprint density at radius 2 is 1.46 bits per heavy atom. The number of Topliss-reactive ketones (excluding diaryl/α,β-unsaturated/α-hetero) is 1. The maximum absolute atomic E-state index is 10.9. The summed E-state index contributed by atoms with van der Waals surface area (Å²) in [4.78, 5) is 48.2. The highest BCUT2D eigenvalue weighted by atomic mass is 16.5. The van der Waals surface area contributed by atoms with Crippen LogP contribution in [0.3, 0.4) is 0 Å². The zero-order chi connectivity index (χ0) is 37.7. The highest BCUT2D eigenvalue weighted by Gasteiger charge is 2.04. The van der Waals surface area contributed by atoms with Crippen LogP contribution in [0.1, 0.15) is 57.5 Å². The van der Waals surface area contributed by atoms with E-state index in [1.165, 1.54) is 27.1 Å². The van der Waals surface area contributed by atoms with Crippen LogP contribution in [0.5, 0.6) is 0 Å². The summed E-state index contributed by atoms with van der Waals surface area (Å²) in [7, 11) is 3.41. The lowest BCUT2D eigenvalue weighted by molar-refractivity contribution is -0.128. The number of carbonyl (C=O) groups is 3. The number of H-pyrrole nitrogens is 1. The molecule has 0 unspecified atom stereocenters. The number of pyridine rings is 2. The van der Waals surface area contributed by atoms with Gasteiger partial charge in [-0.1, -0.05) is 48.5 Å². The minimum absolute atomic E-state index is 0.0196. The molecule has 0 spiro atoms. The molecule has 270 valence electrons. The molecule has 0 bridgehead atoms. The third-order valence-corrected chi connectivity index (χ3v) is 5.50. The molecule has 1 aromatic carbocycles. The second-order valence-corrected chi connectivity index (χ2v) is 10.5. The normalized spacial score (nSPS) is 9.26. The number of hydrogen-bond donors (Lipinski definition) is 3. The minimum Gasteiger partial charge on any atom is -0.352 e. The fourth-order valence-corrected chi connectivity index (χ4v) is 2.88. The molecule has 0 aliphatic rings. The predicted octanol–water partition coefficient (Wildman–Crippen LogP) is 4.86. The SMILES string of the molecule is CC(=O)N(C)Cc1ccccc1.CC(=O)NCc1cccnc1.CC(C)=O.CCN(C)O.Cc1nc(-c2cccnc2)no1.Cc1ncn[nH]1. The first kappa shape index (κ1) is 44.3. The van der Waals surface area contributed by atoms with Gasteiger partial charge >= 0.3 is 0 Å². The van der Waals surface area contributed by atoms with Gasteiger partial charge < -0.3 is 24.7 Å². The standard InChI is InChI=1S/C10H13NO.C8H7N3O.C8H10N2O.C3H5N3.C3H9NO.C3H6O/c1-9(12)11(2)8-10-6-4-3-5-7-10;1-6-10-8(11-12-6)7-3-2-4-9-5-7;1-7(11)10-6-8-3-2-4-9-5-8;1-3-4-2-5-6-3;1-3-4(2)5;1-3(2)4/h3-7H,8H2,1-2H3;2-5H,1H3;2-5H,6H2,1H3,(H,10,11);2H,1H3,(H,4,5,6);5H,3H2,1-2H3;1-2H3. The van der Waals surface area contributed by atoms with E-state index in [1.54, 1.807) is 57.6 Å². The number of nitrogens with zero attached hydrogens (tertiary/aromatic N) is 8. The lowest BCUT2D eigenvalue weighted by atomic mass is 10.2. The average molecular weight is 691 g/mol. The Morgan fingerprint density at radius 3 is 1.84 bits per heavy atom. The van der Waals surface area contributed by atoms with E-state index >= 15 is 0 Å². The van der Waals surface area contributed by atoms with E-state index in [0.717, 1.165) is 27.6 Å². The maximum atomic E-state index is 10.9. The van der Waals surface area contributed by atoms with Crippen LogP contribution >= 0.6 is 0 Å². The maximum Gasteiger partial charge on any atom is 0.223 e. The number of aromatic amines is 1.